The number of thioether (sulfide) groups is 1. The largest absolute Gasteiger partial charge is 0.494 e. The molecule has 0 fully saturated rings. The molecule has 2 rings (SSSR count). The highest BCUT2D eigenvalue weighted by Gasteiger charge is 2.05. The first kappa shape index (κ1) is 17.9. The van der Waals surface area contributed by atoms with Crippen LogP contribution in [0.4, 0.5) is 0 Å². The van der Waals surface area contributed by atoms with Crippen molar-refractivity contribution >= 4 is 23.9 Å². The molecular formula is C17H20N4O2S. The lowest BCUT2D eigenvalue weighted by Crippen LogP contribution is -2.19. The van der Waals surface area contributed by atoms with Crippen molar-refractivity contribution in [1.82, 2.24) is 15.4 Å². The second kappa shape index (κ2) is 9.02. The predicted octanol–water partition coefficient (Wildman–Crippen LogP) is 2.73. The second-order valence-corrected chi connectivity index (χ2v) is 5.96. The van der Waals surface area contributed by atoms with E-state index in [1.165, 1.54) is 11.8 Å². The van der Waals surface area contributed by atoms with E-state index in [1.807, 2.05) is 51.1 Å². The lowest BCUT2D eigenvalue weighted by molar-refractivity contribution is -0.118. The van der Waals surface area contributed by atoms with Crippen molar-refractivity contribution in [1.29, 1.82) is 0 Å². The van der Waals surface area contributed by atoms with E-state index in [2.05, 4.69) is 20.5 Å². The number of aromatic nitrogens is 2. The van der Waals surface area contributed by atoms with Crippen LogP contribution in [-0.2, 0) is 4.79 Å². The maximum absolute atomic E-state index is 11.8. The van der Waals surface area contributed by atoms with Gasteiger partial charge >= 0.3 is 0 Å². The molecule has 0 radical (unpaired) electrons. The van der Waals surface area contributed by atoms with E-state index >= 15 is 0 Å². The summed E-state index contributed by atoms with van der Waals surface area (Å²) < 4.78 is 5.37. The number of aryl methyl sites for hydroxylation is 2. The zero-order chi connectivity index (χ0) is 17.4. The van der Waals surface area contributed by atoms with Crippen molar-refractivity contribution in [3.63, 3.8) is 0 Å². The topological polar surface area (TPSA) is 76.5 Å². The molecule has 7 heteroatoms. The Kier molecular flexibility index (Phi) is 6.74. The molecule has 0 spiro atoms. The number of carbonyl (C=O) groups excluding carboxylic acids is 1. The summed E-state index contributed by atoms with van der Waals surface area (Å²) in [5.41, 5.74) is 5.15. The van der Waals surface area contributed by atoms with Gasteiger partial charge in [0, 0.05) is 11.4 Å². The van der Waals surface area contributed by atoms with Crippen molar-refractivity contribution in [3.8, 4) is 5.75 Å². The van der Waals surface area contributed by atoms with Gasteiger partial charge < -0.3 is 4.74 Å². The standard InChI is InChI=1S/C17H20N4O2S/c1-4-23-15-7-5-14(6-8-15)10-18-21-16(22)11-24-17-19-12(2)9-13(3)20-17/h5-10H,4,11H2,1-3H3,(H,21,22)/b18-10+. The molecule has 0 aliphatic rings. The summed E-state index contributed by atoms with van der Waals surface area (Å²) in [6.45, 7) is 6.37. The fourth-order valence-electron chi connectivity index (χ4n) is 1.92. The number of ether oxygens (including phenoxy) is 1. The van der Waals surface area contributed by atoms with Crippen molar-refractivity contribution in [2.24, 2.45) is 5.10 Å². The number of amides is 1. The molecule has 1 N–H and O–H groups in total. The Bertz CT molecular complexity index is 697. The Morgan fingerprint density at radius 1 is 1.25 bits per heavy atom. The molecule has 0 aliphatic carbocycles. The molecule has 1 amide bonds. The lowest BCUT2D eigenvalue weighted by atomic mass is 10.2. The molecule has 0 saturated heterocycles. The van der Waals surface area contributed by atoms with E-state index in [9.17, 15) is 4.79 Å². The van der Waals surface area contributed by atoms with Crippen LogP contribution in [0.15, 0.2) is 40.6 Å². The van der Waals surface area contributed by atoms with Gasteiger partial charge in [0.25, 0.3) is 5.91 Å². The quantitative estimate of drug-likeness (QED) is 0.362. The molecule has 24 heavy (non-hydrogen) atoms. The molecule has 1 heterocycles. The third-order valence-electron chi connectivity index (χ3n) is 2.89. The van der Waals surface area contributed by atoms with Crippen molar-refractivity contribution in [2.75, 3.05) is 12.4 Å². The molecule has 126 valence electrons. The fraction of sp³-hybridized carbons (Fsp3) is 0.294. The summed E-state index contributed by atoms with van der Waals surface area (Å²) >= 11 is 1.29. The van der Waals surface area contributed by atoms with Gasteiger partial charge in [0.05, 0.1) is 18.6 Å². The van der Waals surface area contributed by atoms with E-state index in [-0.39, 0.29) is 11.7 Å². The first-order valence-electron chi connectivity index (χ1n) is 7.56. The molecule has 0 unspecified atom stereocenters. The molecule has 2 aromatic rings. The van der Waals surface area contributed by atoms with Crippen LogP contribution in [0.1, 0.15) is 23.9 Å². The predicted molar refractivity (Wildman–Crippen MR) is 95.6 cm³/mol. The number of hydrogen-bond donors (Lipinski definition) is 1. The number of nitrogens with one attached hydrogen (secondary N) is 1. The van der Waals surface area contributed by atoms with Gasteiger partial charge in [-0.2, -0.15) is 5.10 Å². The van der Waals surface area contributed by atoms with Crippen LogP contribution >= 0.6 is 11.8 Å². The van der Waals surface area contributed by atoms with Gasteiger partial charge in [0.15, 0.2) is 5.16 Å². The molecular weight excluding hydrogens is 324 g/mol. The van der Waals surface area contributed by atoms with Crippen molar-refractivity contribution in [3.05, 3.63) is 47.3 Å². The van der Waals surface area contributed by atoms with Gasteiger partial charge in [0.1, 0.15) is 5.75 Å². The molecule has 1 aromatic heterocycles. The number of carbonyl (C=O) groups is 1. The minimum atomic E-state index is -0.204. The Labute approximate surface area is 145 Å². The van der Waals surface area contributed by atoms with E-state index in [0.29, 0.717) is 11.8 Å². The van der Waals surface area contributed by atoms with Crippen LogP contribution in [0.3, 0.4) is 0 Å². The number of benzene rings is 1. The summed E-state index contributed by atoms with van der Waals surface area (Å²) in [5, 5.41) is 4.54. The summed E-state index contributed by atoms with van der Waals surface area (Å²) in [4.78, 5) is 20.4. The maximum Gasteiger partial charge on any atom is 0.250 e. The third kappa shape index (κ3) is 6.00. The number of rotatable bonds is 7. The fourth-order valence-corrected chi connectivity index (χ4v) is 2.66. The van der Waals surface area contributed by atoms with Gasteiger partial charge in [-0.15, -0.1) is 0 Å². The summed E-state index contributed by atoms with van der Waals surface area (Å²) in [6, 6.07) is 9.36. The van der Waals surface area contributed by atoms with Gasteiger partial charge in [0.2, 0.25) is 0 Å². The smallest absolute Gasteiger partial charge is 0.250 e. The third-order valence-corrected chi connectivity index (χ3v) is 3.74. The van der Waals surface area contributed by atoms with Crippen LogP contribution < -0.4 is 10.2 Å². The molecule has 0 saturated carbocycles. The summed E-state index contributed by atoms with van der Waals surface area (Å²) in [6.07, 6.45) is 1.59. The first-order chi connectivity index (χ1) is 11.6. The van der Waals surface area contributed by atoms with Gasteiger partial charge in [-0.05, 0) is 56.7 Å². The molecule has 0 atom stereocenters. The van der Waals surface area contributed by atoms with Crippen LogP contribution in [-0.4, -0.2) is 34.4 Å². The molecule has 0 bridgehead atoms. The lowest BCUT2D eigenvalue weighted by Gasteiger charge is -2.03. The first-order valence-corrected chi connectivity index (χ1v) is 8.55. The van der Waals surface area contributed by atoms with E-state index in [1.54, 1.807) is 6.21 Å². The number of nitrogens with zero attached hydrogens (tertiary/aromatic N) is 3. The minimum Gasteiger partial charge on any atom is -0.494 e. The number of hydrogen-bond acceptors (Lipinski definition) is 6. The zero-order valence-corrected chi connectivity index (χ0v) is 14.8. The Morgan fingerprint density at radius 2 is 1.92 bits per heavy atom. The maximum atomic E-state index is 11.8. The van der Waals surface area contributed by atoms with E-state index < -0.39 is 0 Å². The van der Waals surface area contributed by atoms with Gasteiger partial charge in [-0.1, -0.05) is 11.8 Å². The monoisotopic (exact) mass is 344 g/mol. The van der Waals surface area contributed by atoms with Crippen LogP contribution in [0.5, 0.6) is 5.75 Å². The SMILES string of the molecule is CCOc1ccc(/C=N/NC(=O)CSc2nc(C)cc(C)n2)cc1. The highest BCUT2D eigenvalue weighted by atomic mass is 32.2. The van der Waals surface area contributed by atoms with Crippen molar-refractivity contribution < 1.29 is 9.53 Å². The summed E-state index contributed by atoms with van der Waals surface area (Å²) in [7, 11) is 0. The second-order valence-electron chi connectivity index (χ2n) is 5.02. The van der Waals surface area contributed by atoms with Crippen LogP contribution in [0.2, 0.25) is 0 Å². The number of hydrazone groups is 1. The van der Waals surface area contributed by atoms with Gasteiger partial charge in [-0.25, -0.2) is 15.4 Å². The average molecular weight is 344 g/mol. The minimum absolute atomic E-state index is 0.204. The van der Waals surface area contributed by atoms with Crippen molar-refractivity contribution in [2.45, 2.75) is 25.9 Å². The van der Waals surface area contributed by atoms with E-state index in [4.69, 9.17) is 4.74 Å². The average Bonchev–Trinajstić information content (AvgIpc) is 2.54. The summed E-state index contributed by atoms with van der Waals surface area (Å²) in [5.74, 6) is 0.817. The van der Waals surface area contributed by atoms with Gasteiger partial charge in [-0.3, -0.25) is 4.79 Å². The highest BCUT2D eigenvalue weighted by Crippen LogP contribution is 2.13. The highest BCUT2D eigenvalue weighted by molar-refractivity contribution is 7.99. The molecule has 0 aliphatic heterocycles. The van der Waals surface area contributed by atoms with E-state index in [0.717, 1.165) is 22.7 Å². The molecule has 1 aromatic carbocycles. The Balaban J connectivity index is 1.79. The molecule has 6 nitrogen and oxygen atoms in total. The van der Waals surface area contributed by atoms with Crippen LogP contribution in [0.25, 0.3) is 0 Å². The Morgan fingerprint density at radius 3 is 2.54 bits per heavy atom. The normalized spacial score (nSPS) is 10.8. The Hall–Kier alpha value is -2.41. The van der Waals surface area contributed by atoms with Crippen LogP contribution in [0, 0.1) is 13.8 Å². The zero-order valence-electron chi connectivity index (χ0n) is 13.9.